The molecule has 1 aliphatic carbocycles. The lowest BCUT2D eigenvalue weighted by Crippen LogP contribution is -2.35. The molecule has 1 saturated heterocycles. The zero-order chi connectivity index (χ0) is 24.1. The number of ether oxygens (including phenoxy) is 2. The fourth-order valence-corrected chi connectivity index (χ4v) is 4.87. The van der Waals surface area contributed by atoms with Crippen molar-refractivity contribution in [2.45, 2.75) is 38.7 Å². The van der Waals surface area contributed by atoms with Crippen LogP contribution in [0.2, 0.25) is 0 Å². The number of benzene rings is 1. The Morgan fingerprint density at radius 1 is 1.21 bits per heavy atom. The molecule has 1 aromatic carbocycles. The highest BCUT2D eigenvalue weighted by molar-refractivity contribution is 5.78. The second-order valence-electron chi connectivity index (χ2n) is 9.66. The minimum atomic E-state index is -0.388. The predicted molar refractivity (Wildman–Crippen MR) is 128 cm³/mol. The van der Waals surface area contributed by atoms with E-state index >= 15 is 0 Å². The van der Waals surface area contributed by atoms with Crippen LogP contribution in [0.4, 0.5) is 10.3 Å². The van der Waals surface area contributed by atoms with Crippen LogP contribution in [0.15, 0.2) is 30.6 Å². The SMILES string of the molecule is COCc1cnc(N2CCC([C@H]3C[C@H]3CCOc3ccc(CC(=O)N(C)C)c(F)c3)CC2)nc1. The van der Waals surface area contributed by atoms with Crippen molar-refractivity contribution in [3.63, 3.8) is 0 Å². The smallest absolute Gasteiger partial charge is 0.226 e. The number of nitrogens with zero attached hydrogens (tertiary/aromatic N) is 4. The number of likely N-dealkylation sites (N-methyl/N-ethyl adjacent to an activating group) is 1. The molecule has 2 atom stereocenters. The molecule has 8 heteroatoms. The first-order valence-corrected chi connectivity index (χ1v) is 12.1. The van der Waals surface area contributed by atoms with Crippen molar-refractivity contribution in [2.24, 2.45) is 17.8 Å². The van der Waals surface area contributed by atoms with Crippen molar-refractivity contribution in [2.75, 3.05) is 45.8 Å². The second-order valence-corrected chi connectivity index (χ2v) is 9.66. The number of anilines is 1. The summed E-state index contributed by atoms with van der Waals surface area (Å²) in [5.74, 6) is 3.05. The van der Waals surface area contributed by atoms with Crippen LogP contribution in [-0.2, 0) is 22.6 Å². The highest BCUT2D eigenvalue weighted by Gasteiger charge is 2.43. The van der Waals surface area contributed by atoms with E-state index in [0.29, 0.717) is 30.4 Å². The van der Waals surface area contributed by atoms with Crippen molar-refractivity contribution in [3.8, 4) is 5.75 Å². The van der Waals surface area contributed by atoms with Gasteiger partial charge in [-0.3, -0.25) is 4.79 Å². The van der Waals surface area contributed by atoms with Gasteiger partial charge >= 0.3 is 0 Å². The predicted octanol–water partition coefficient (Wildman–Crippen LogP) is 3.71. The highest BCUT2D eigenvalue weighted by Crippen LogP contribution is 2.49. The number of hydrogen-bond acceptors (Lipinski definition) is 6. The van der Waals surface area contributed by atoms with Crippen molar-refractivity contribution in [1.82, 2.24) is 14.9 Å². The number of rotatable bonds is 10. The van der Waals surface area contributed by atoms with Crippen molar-refractivity contribution in [1.29, 1.82) is 0 Å². The third-order valence-electron chi connectivity index (χ3n) is 7.03. The van der Waals surface area contributed by atoms with E-state index in [2.05, 4.69) is 14.9 Å². The molecule has 1 aliphatic heterocycles. The number of piperidine rings is 1. The van der Waals surface area contributed by atoms with Crippen LogP contribution in [0.1, 0.15) is 36.8 Å². The molecule has 1 aromatic heterocycles. The van der Waals surface area contributed by atoms with E-state index in [9.17, 15) is 9.18 Å². The monoisotopic (exact) mass is 470 g/mol. The molecule has 7 nitrogen and oxygen atoms in total. The molecule has 0 bridgehead atoms. The standard InChI is InChI=1S/C26H35FN4O3/c1-30(2)25(32)13-21-4-5-22(14-24(21)27)34-11-8-20-12-23(20)19-6-9-31(10-7-19)26-28-15-18(16-29-26)17-33-3/h4-5,14-16,19-20,23H,6-13,17H2,1-3H3/t20-,23-/m1/s1. The van der Waals surface area contributed by atoms with Gasteiger partial charge in [0.25, 0.3) is 0 Å². The van der Waals surface area contributed by atoms with E-state index in [-0.39, 0.29) is 18.1 Å². The third-order valence-corrected chi connectivity index (χ3v) is 7.03. The van der Waals surface area contributed by atoms with Gasteiger partial charge < -0.3 is 19.3 Å². The lowest BCUT2D eigenvalue weighted by molar-refractivity contribution is -0.128. The molecule has 2 heterocycles. The topological polar surface area (TPSA) is 67.8 Å². The van der Waals surface area contributed by atoms with Gasteiger partial charge in [0.15, 0.2) is 0 Å². The van der Waals surface area contributed by atoms with Crippen molar-refractivity contribution >= 4 is 11.9 Å². The quantitative estimate of drug-likeness (QED) is 0.527. The van der Waals surface area contributed by atoms with Gasteiger partial charge in [-0.2, -0.15) is 0 Å². The average molecular weight is 471 g/mol. The number of carbonyl (C=O) groups is 1. The number of hydrogen-bond donors (Lipinski definition) is 0. The van der Waals surface area contributed by atoms with Gasteiger partial charge in [0.2, 0.25) is 11.9 Å². The van der Waals surface area contributed by atoms with E-state index in [1.165, 1.54) is 30.2 Å². The van der Waals surface area contributed by atoms with Gasteiger partial charge in [-0.25, -0.2) is 14.4 Å². The molecule has 2 fully saturated rings. The van der Waals surface area contributed by atoms with Crippen molar-refractivity contribution < 1.29 is 18.7 Å². The molecule has 2 aromatic rings. The lowest BCUT2D eigenvalue weighted by atomic mass is 9.90. The zero-order valence-electron chi connectivity index (χ0n) is 20.4. The molecule has 184 valence electrons. The summed E-state index contributed by atoms with van der Waals surface area (Å²) in [6, 6.07) is 4.79. The van der Waals surface area contributed by atoms with E-state index in [1.54, 1.807) is 33.3 Å². The first-order chi connectivity index (χ1) is 16.4. The Morgan fingerprint density at radius 2 is 1.94 bits per heavy atom. The normalized spacial score (nSPS) is 20.3. The fourth-order valence-electron chi connectivity index (χ4n) is 4.87. The maximum atomic E-state index is 14.3. The molecule has 1 amide bonds. The van der Waals surface area contributed by atoms with E-state index in [4.69, 9.17) is 9.47 Å². The zero-order valence-corrected chi connectivity index (χ0v) is 20.4. The number of carbonyl (C=O) groups excluding carboxylic acids is 1. The van der Waals surface area contributed by atoms with Crippen LogP contribution in [0.25, 0.3) is 0 Å². The van der Waals surface area contributed by atoms with E-state index < -0.39 is 0 Å². The molecule has 0 N–H and O–H groups in total. The Balaban J connectivity index is 1.16. The average Bonchev–Trinajstić information content (AvgIpc) is 3.61. The summed E-state index contributed by atoms with van der Waals surface area (Å²) in [4.78, 5) is 24.5. The number of halogens is 1. The molecular weight excluding hydrogens is 435 g/mol. The Labute approximate surface area is 201 Å². The highest BCUT2D eigenvalue weighted by atomic mass is 19.1. The molecule has 34 heavy (non-hydrogen) atoms. The Kier molecular flexibility index (Phi) is 7.98. The number of amides is 1. The summed E-state index contributed by atoms with van der Waals surface area (Å²) in [5.41, 5.74) is 1.39. The maximum Gasteiger partial charge on any atom is 0.226 e. The van der Waals surface area contributed by atoms with Gasteiger partial charge in [-0.05, 0) is 55.1 Å². The summed E-state index contributed by atoms with van der Waals surface area (Å²) >= 11 is 0. The van der Waals surface area contributed by atoms with Crippen LogP contribution in [0.5, 0.6) is 5.75 Å². The largest absolute Gasteiger partial charge is 0.493 e. The molecule has 0 spiro atoms. The van der Waals surface area contributed by atoms with Gasteiger partial charge in [0.1, 0.15) is 11.6 Å². The second kappa shape index (κ2) is 11.1. The first kappa shape index (κ1) is 24.4. The minimum absolute atomic E-state index is 0.0624. The Morgan fingerprint density at radius 3 is 2.59 bits per heavy atom. The van der Waals surface area contributed by atoms with Crippen LogP contribution < -0.4 is 9.64 Å². The molecule has 0 unspecified atom stereocenters. The summed E-state index contributed by atoms with van der Waals surface area (Å²) < 4.78 is 25.3. The van der Waals surface area contributed by atoms with Crippen LogP contribution >= 0.6 is 0 Å². The molecular formula is C26H35FN4O3. The van der Waals surface area contributed by atoms with Gasteiger partial charge in [-0.1, -0.05) is 6.07 Å². The van der Waals surface area contributed by atoms with Gasteiger partial charge in [-0.15, -0.1) is 0 Å². The Bertz CT molecular complexity index is 961. The Hall–Kier alpha value is -2.74. The van der Waals surface area contributed by atoms with E-state index in [1.807, 2.05) is 12.4 Å². The van der Waals surface area contributed by atoms with Gasteiger partial charge in [0, 0.05) is 58.3 Å². The number of aromatic nitrogens is 2. The molecule has 1 saturated carbocycles. The summed E-state index contributed by atoms with van der Waals surface area (Å²) in [7, 11) is 5.01. The summed E-state index contributed by atoms with van der Waals surface area (Å²) in [6.07, 6.45) is 8.35. The summed E-state index contributed by atoms with van der Waals surface area (Å²) in [6.45, 7) is 3.12. The summed E-state index contributed by atoms with van der Waals surface area (Å²) in [5, 5.41) is 0. The van der Waals surface area contributed by atoms with Gasteiger partial charge in [0.05, 0.1) is 19.6 Å². The minimum Gasteiger partial charge on any atom is -0.493 e. The first-order valence-electron chi connectivity index (χ1n) is 12.1. The molecule has 4 rings (SSSR count). The van der Waals surface area contributed by atoms with E-state index in [0.717, 1.165) is 42.9 Å². The molecule has 2 aliphatic rings. The van der Waals surface area contributed by atoms with Crippen LogP contribution in [0, 0.1) is 23.6 Å². The molecule has 0 radical (unpaired) electrons. The third kappa shape index (κ3) is 6.23. The van der Waals surface area contributed by atoms with Crippen LogP contribution in [0.3, 0.4) is 0 Å². The maximum absolute atomic E-state index is 14.3. The number of methoxy groups -OCH3 is 1. The van der Waals surface area contributed by atoms with Crippen LogP contribution in [-0.4, -0.2) is 61.7 Å². The fraction of sp³-hybridized carbons (Fsp3) is 0.577. The van der Waals surface area contributed by atoms with Crippen molar-refractivity contribution in [3.05, 3.63) is 47.5 Å². The lowest BCUT2D eigenvalue weighted by Gasteiger charge is -2.32.